The number of nitrogens with zero attached hydrogens (tertiary/aromatic N) is 1. The van der Waals surface area contributed by atoms with Crippen molar-refractivity contribution in [2.75, 3.05) is 13.7 Å². The van der Waals surface area contributed by atoms with E-state index in [2.05, 4.69) is 4.98 Å². The second-order valence-electron chi connectivity index (χ2n) is 5.91. The number of likely N-dealkylation sites (tertiary alicyclic amines) is 1. The van der Waals surface area contributed by atoms with Crippen molar-refractivity contribution in [1.82, 2.24) is 9.88 Å². The van der Waals surface area contributed by atoms with Crippen LogP contribution in [0.5, 0.6) is 0 Å². The number of H-pyrrole nitrogens is 1. The first kappa shape index (κ1) is 16.9. The summed E-state index contributed by atoms with van der Waals surface area (Å²) < 4.78 is 5.19. The van der Waals surface area contributed by atoms with Gasteiger partial charge in [-0.05, 0) is 18.2 Å². The van der Waals surface area contributed by atoms with Crippen LogP contribution < -0.4 is 0 Å². The molecule has 2 unspecified atom stereocenters. The summed E-state index contributed by atoms with van der Waals surface area (Å²) in [5.41, 5.74) is 1.34. The van der Waals surface area contributed by atoms with Crippen molar-refractivity contribution in [3.63, 3.8) is 0 Å². The molecule has 3 rings (SSSR count). The third-order valence-corrected chi connectivity index (χ3v) is 4.40. The number of nitrogens with one attached hydrogen (secondary N) is 1. The fraction of sp³-hybridized carbons (Fsp3) is 0.278. The first-order valence-corrected chi connectivity index (χ1v) is 7.85. The molecule has 1 aromatic heterocycles. The van der Waals surface area contributed by atoms with Crippen LogP contribution in [0.2, 0.25) is 0 Å². The van der Waals surface area contributed by atoms with E-state index in [-0.39, 0.29) is 30.8 Å². The van der Waals surface area contributed by atoms with Gasteiger partial charge in [0.15, 0.2) is 5.78 Å². The van der Waals surface area contributed by atoms with Gasteiger partial charge in [0, 0.05) is 49.2 Å². The van der Waals surface area contributed by atoms with Crippen LogP contribution in [0.25, 0.3) is 0 Å². The Hall–Kier alpha value is -2.93. The zero-order valence-corrected chi connectivity index (χ0v) is 13.6. The monoisotopic (exact) mass is 342 g/mol. The topological polar surface area (TPSA) is 99.7 Å². The fourth-order valence-corrected chi connectivity index (χ4v) is 2.99. The molecular formula is C18H18N2O5. The Bertz CT molecular complexity index is 782. The number of aliphatic carboxylic acids is 1. The van der Waals surface area contributed by atoms with Crippen molar-refractivity contribution in [3.05, 3.63) is 59.4 Å². The maximum Gasteiger partial charge on any atom is 0.326 e. The molecule has 2 N–H and O–H groups in total. The van der Waals surface area contributed by atoms with Gasteiger partial charge in [-0.1, -0.05) is 12.1 Å². The highest BCUT2D eigenvalue weighted by Crippen LogP contribution is 2.23. The van der Waals surface area contributed by atoms with Crippen LogP contribution in [0.15, 0.2) is 42.7 Å². The lowest BCUT2D eigenvalue weighted by Gasteiger charge is -2.21. The molecule has 1 amide bonds. The number of ketones is 1. The number of ether oxygens (including phenoxy) is 1. The van der Waals surface area contributed by atoms with E-state index in [9.17, 15) is 19.5 Å². The van der Waals surface area contributed by atoms with Crippen molar-refractivity contribution in [2.45, 2.75) is 18.6 Å². The Morgan fingerprint density at radius 2 is 1.80 bits per heavy atom. The number of carbonyl (C=O) groups excluding carboxylic acids is 2. The number of aromatic amines is 1. The molecule has 2 atom stereocenters. The Morgan fingerprint density at radius 3 is 2.36 bits per heavy atom. The molecule has 0 aliphatic carbocycles. The second kappa shape index (κ2) is 6.90. The van der Waals surface area contributed by atoms with Gasteiger partial charge in [-0.3, -0.25) is 9.59 Å². The third kappa shape index (κ3) is 3.32. The summed E-state index contributed by atoms with van der Waals surface area (Å²) in [6.07, 6.45) is 3.24. The molecule has 7 heteroatoms. The van der Waals surface area contributed by atoms with Gasteiger partial charge in [-0.25, -0.2) is 4.79 Å². The van der Waals surface area contributed by atoms with Crippen LogP contribution in [0.3, 0.4) is 0 Å². The first-order valence-electron chi connectivity index (χ1n) is 7.85. The number of hydrogen-bond donors (Lipinski definition) is 2. The maximum absolute atomic E-state index is 12.7. The van der Waals surface area contributed by atoms with E-state index in [1.165, 1.54) is 12.0 Å². The predicted octanol–water partition coefficient (Wildman–Crippen LogP) is 1.56. The molecule has 1 aliphatic heterocycles. The number of benzene rings is 1. The first-order chi connectivity index (χ1) is 12.0. The van der Waals surface area contributed by atoms with E-state index in [0.717, 1.165) is 0 Å². The van der Waals surface area contributed by atoms with Gasteiger partial charge in [-0.2, -0.15) is 0 Å². The minimum atomic E-state index is -1.05. The lowest BCUT2D eigenvalue weighted by Crippen LogP contribution is -2.40. The van der Waals surface area contributed by atoms with Gasteiger partial charge < -0.3 is 19.7 Å². The highest BCUT2D eigenvalue weighted by Gasteiger charge is 2.40. The minimum Gasteiger partial charge on any atom is -0.480 e. The van der Waals surface area contributed by atoms with Crippen molar-refractivity contribution >= 4 is 17.7 Å². The van der Waals surface area contributed by atoms with Crippen LogP contribution in [-0.2, 0) is 9.53 Å². The molecule has 2 heterocycles. The molecule has 0 bridgehead atoms. The number of hydrogen-bond acceptors (Lipinski definition) is 4. The summed E-state index contributed by atoms with van der Waals surface area (Å²) in [6, 6.07) is 7.00. The van der Waals surface area contributed by atoms with Gasteiger partial charge in [0.2, 0.25) is 0 Å². The van der Waals surface area contributed by atoms with Gasteiger partial charge in [0.25, 0.3) is 5.91 Å². The summed E-state index contributed by atoms with van der Waals surface area (Å²) in [5, 5.41) is 9.32. The number of carboxylic acid groups (broad SMARTS) is 1. The summed E-state index contributed by atoms with van der Waals surface area (Å²) >= 11 is 0. The Morgan fingerprint density at radius 1 is 1.12 bits per heavy atom. The maximum atomic E-state index is 12.7. The van der Waals surface area contributed by atoms with Crippen molar-refractivity contribution < 1.29 is 24.2 Å². The van der Waals surface area contributed by atoms with E-state index >= 15 is 0 Å². The van der Waals surface area contributed by atoms with E-state index in [1.54, 1.807) is 42.7 Å². The average molecular weight is 342 g/mol. The van der Waals surface area contributed by atoms with Gasteiger partial charge in [0.1, 0.15) is 6.04 Å². The molecule has 0 saturated carbocycles. The summed E-state index contributed by atoms with van der Waals surface area (Å²) in [5.74, 6) is -1.58. The number of methoxy groups -OCH3 is 1. The lowest BCUT2D eigenvalue weighted by molar-refractivity contribution is -0.141. The van der Waals surface area contributed by atoms with Gasteiger partial charge in [0.05, 0.1) is 6.10 Å². The van der Waals surface area contributed by atoms with Crippen LogP contribution in [-0.4, -0.2) is 58.5 Å². The van der Waals surface area contributed by atoms with E-state index in [0.29, 0.717) is 16.7 Å². The van der Waals surface area contributed by atoms with Crippen molar-refractivity contribution in [2.24, 2.45) is 0 Å². The molecule has 1 saturated heterocycles. The van der Waals surface area contributed by atoms with Gasteiger partial charge >= 0.3 is 5.97 Å². The third-order valence-electron chi connectivity index (χ3n) is 4.40. The number of amides is 1. The molecule has 2 aromatic rings. The molecular weight excluding hydrogens is 324 g/mol. The van der Waals surface area contributed by atoms with E-state index < -0.39 is 12.0 Å². The second-order valence-corrected chi connectivity index (χ2v) is 5.91. The summed E-state index contributed by atoms with van der Waals surface area (Å²) in [7, 11) is 1.50. The average Bonchev–Trinajstić information content (AvgIpc) is 3.30. The molecule has 1 aromatic carbocycles. The molecule has 7 nitrogen and oxygen atoms in total. The molecule has 130 valence electrons. The molecule has 1 aliphatic rings. The number of rotatable bonds is 5. The smallest absolute Gasteiger partial charge is 0.326 e. The SMILES string of the molecule is COC1CC(C(=O)O)N(C(=O)c2ccc(C(=O)c3cc[nH]c3)cc2)C1. The zero-order chi connectivity index (χ0) is 18.0. The Kier molecular flexibility index (Phi) is 4.67. The zero-order valence-electron chi connectivity index (χ0n) is 13.6. The normalized spacial score (nSPS) is 19.8. The largest absolute Gasteiger partial charge is 0.480 e. The fourth-order valence-electron chi connectivity index (χ4n) is 2.99. The predicted molar refractivity (Wildman–Crippen MR) is 88.5 cm³/mol. The molecule has 1 fully saturated rings. The van der Waals surface area contributed by atoms with E-state index in [1.807, 2.05) is 0 Å². The van der Waals surface area contributed by atoms with Crippen molar-refractivity contribution in [3.8, 4) is 0 Å². The number of carboxylic acids is 1. The Labute approximate surface area is 144 Å². The molecule has 0 spiro atoms. The number of aromatic nitrogens is 1. The quantitative estimate of drug-likeness (QED) is 0.803. The minimum absolute atomic E-state index is 0.149. The van der Waals surface area contributed by atoms with Crippen LogP contribution in [0, 0.1) is 0 Å². The van der Waals surface area contributed by atoms with Crippen molar-refractivity contribution in [1.29, 1.82) is 0 Å². The van der Waals surface area contributed by atoms with E-state index in [4.69, 9.17) is 4.74 Å². The molecule has 0 radical (unpaired) electrons. The van der Waals surface area contributed by atoms with Crippen LogP contribution >= 0.6 is 0 Å². The molecule has 25 heavy (non-hydrogen) atoms. The lowest BCUT2D eigenvalue weighted by atomic mass is 10.0. The summed E-state index contributed by atoms with van der Waals surface area (Å²) in [6.45, 7) is 0.232. The van der Waals surface area contributed by atoms with Gasteiger partial charge in [-0.15, -0.1) is 0 Å². The number of carbonyl (C=O) groups is 3. The Balaban J connectivity index is 1.78. The van der Waals surface area contributed by atoms with Crippen LogP contribution in [0.4, 0.5) is 0 Å². The highest BCUT2D eigenvalue weighted by atomic mass is 16.5. The standard InChI is InChI=1S/C18H18N2O5/c1-25-14-8-15(18(23)24)20(10-14)17(22)12-4-2-11(3-5-12)16(21)13-6-7-19-9-13/h2-7,9,14-15,19H,8,10H2,1H3,(H,23,24). The van der Waals surface area contributed by atoms with Crippen LogP contribution in [0.1, 0.15) is 32.7 Å². The highest BCUT2D eigenvalue weighted by molar-refractivity contribution is 6.09. The summed E-state index contributed by atoms with van der Waals surface area (Å²) in [4.78, 5) is 40.4.